The second kappa shape index (κ2) is 8.31. The summed E-state index contributed by atoms with van der Waals surface area (Å²) in [6.45, 7) is 4.29. The third kappa shape index (κ3) is 4.45. The molecule has 0 saturated carbocycles. The SMILES string of the molecule is COc1cc(C)c(C)cc1S(=O)(=O)NCCOc1cccc2c1CCCC2. The monoisotopic (exact) mass is 389 g/mol. The Balaban J connectivity index is 1.65. The van der Waals surface area contributed by atoms with Crippen LogP contribution in [-0.2, 0) is 22.9 Å². The number of hydrogen-bond donors (Lipinski definition) is 1. The Bertz CT molecular complexity index is 922. The average molecular weight is 390 g/mol. The maximum Gasteiger partial charge on any atom is 0.244 e. The van der Waals surface area contributed by atoms with Crippen LogP contribution in [-0.4, -0.2) is 28.7 Å². The van der Waals surface area contributed by atoms with Gasteiger partial charge in [0.25, 0.3) is 0 Å². The van der Waals surface area contributed by atoms with Crippen molar-refractivity contribution >= 4 is 10.0 Å². The number of fused-ring (bicyclic) bond motifs is 1. The molecular formula is C21H27NO4S. The molecule has 1 aliphatic carbocycles. The molecule has 0 atom stereocenters. The number of methoxy groups -OCH3 is 1. The fraction of sp³-hybridized carbons (Fsp3) is 0.429. The van der Waals surface area contributed by atoms with E-state index in [1.165, 1.54) is 31.1 Å². The first-order valence-electron chi connectivity index (χ1n) is 9.31. The van der Waals surface area contributed by atoms with E-state index in [9.17, 15) is 8.42 Å². The van der Waals surface area contributed by atoms with Gasteiger partial charge in [0, 0.05) is 6.54 Å². The summed E-state index contributed by atoms with van der Waals surface area (Å²) in [7, 11) is -2.19. The molecular weight excluding hydrogens is 362 g/mol. The first-order chi connectivity index (χ1) is 12.9. The molecule has 0 radical (unpaired) electrons. The summed E-state index contributed by atoms with van der Waals surface area (Å²) in [5.74, 6) is 1.22. The number of aryl methyl sites for hydroxylation is 3. The van der Waals surface area contributed by atoms with Gasteiger partial charge in [-0.25, -0.2) is 13.1 Å². The fourth-order valence-corrected chi connectivity index (χ4v) is 4.68. The van der Waals surface area contributed by atoms with Gasteiger partial charge in [0.2, 0.25) is 10.0 Å². The van der Waals surface area contributed by atoms with Gasteiger partial charge >= 0.3 is 0 Å². The number of hydrogen-bond acceptors (Lipinski definition) is 4. The van der Waals surface area contributed by atoms with Crippen molar-refractivity contribution in [1.29, 1.82) is 0 Å². The molecule has 2 aromatic carbocycles. The summed E-state index contributed by atoms with van der Waals surface area (Å²) < 4.78 is 39.1. The van der Waals surface area contributed by atoms with Crippen LogP contribution in [0.25, 0.3) is 0 Å². The predicted molar refractivity (Wildman–Crippen MR) is 106 cm³/mol. The normalized spacial score (nSPS) is 13.9. The molecule has 0 saturated heterocycles. The molecule has 0 bridgehead atoms. The first kappa shape index (κ1) is 19.7. The van der Waals surface area contributed by atoms with Crippen LogP contribution in [0.5, 0.6) is 11.5 Å². The van der Waals surface area contributed by atoms with E-state index in [-0.39, 0.29) is 18.0 Å². The Hall–Kier alpha value is -2.05. The van der Waals surface area contributed by atoms with Gasteiger partial charge in [-0.3, -0.25) is 0 Å². The van der Waals surface area contributed by atoms with Crippen molar-refractivity contribution in [3.63, 3.8) is 0 Å². The standard InChI is InChI=1S/C21H27NO4S/c1-15-13-20(25-3)21(14-16(15)2)27(23,24)22-11-12-26-19-10-6-8-17-7-4-5-9-18(17)19/h6,8,10,13-14,22H,4-5,7,9,11-12H2,1-3H3. The number of benzene rings is 2. The fourth-order valence-electron chi connectivity index (χ4n) is 3.43. The van der Waals surface area contributed by atoms with Gasteiger partial charge in [-0.1, -0.05) is 12.1 Å². The van der Waals surface area contributed by atoms with Crippen molar-refractivity contribution in [2.75, 3.05) is 20.3 Å². The van der Waals surface area contributed by atoms with E-state index in [1.807, 2.05) is 26.0 Å². The lowest BCUT2D eigenvalue weighted by atomic mass is 9.91. The topological polar surface area (TPSA) is 64.6 Å². The zero-order valence-corrected chi connectivity index (χ0v) is 17.0. The minimum Gasteiger partial charge on any atom is -0.495 e. The van der Waals surface area contributed by atoms with E-state index in [1.54, 1.807) is 12.1 Å². The maximum atomic E-state index is 12.7. The third-order valence-corrected chi connectivity index (χ3v) is 6.56. The molecule has 0 aliphatic heterocycles. The van der Waals surface area contributed by atoms with Crippen LogP contribution in [0.15, 0.2) is 35.2 Å². The van der Waals surface area contributed by atoms with Gasteiger partial charge in [-0.2, -0.15) is 0 Å². The summed E-state index contributed by atoms with van der Waals surface area (Å²) in [5.41, 5.74) is 4.51. The van der Waals surface area contributed by atoms with Crippen molar-refractivity contribution in [2.24, 2.45) is 0 Å². The van der Waals surface area contributed by atoms with Crippen LogP contribution >= 0.6 is 0 Å². The Morgan fingerprint density at radius 2 is 1.78 bits per heavy atom. The minimum absolute atomic E-state index is 0.158. The van der Waals surface area contributed by atoms with Crippen LogP contribution in [0.1, 0.15) is 35.1 Å². The van der Waals surface area contributed by atoms with Crippen LogP contribution in [0.2, 0.25) is 0 Å². The van der Waals surface area contributed by atoms with Gasteiger partial charge in [-0.15, -0.1) is 0 Å². The number of ether oxygens (including phenoxy) is 2. The van der Waals surface area contributed by atoms with Crippen LogP contribution in [0.4, 0.5) is 0 Å². The van der Waals surface area contributed by atoms with Crippen LogP contribution in [0, 0.1) is 13.8 Å². The summed E-state index contributed by atoms with van der Waals surface area (Å²) in [4.78, 5) is 0.158. The molecule has 0 aromatic heterocycles. The second-order valence-corrected chi connectivity index (χ2v) is 8.67. The smallest absolute Gasteiger partial charge is 0.244 e. The highest BCUT2D eigenvalue weighted by atomic mass is 32.2. The molecule has 0 spiro atoms. The van der Waals surface area contributed by atoms with Gasteiger partial charge in [0.05, 0.1) is 7.11 Å². The van der Waals surface area contributed by atoms with E-state index in [4.69, 9.17) is 9.47 Å². The Morgan fingerprint density at radius 3 is 2.56 bits per heavy atom. The maximum absolute atomic E-state index is 12.7. The second-order valence-electron chi connectivity index (χ2n) is 6.93. The molecule has 0 heterocycles. The molecule has 0 fully saturated rings. The van der Waals surface area contributed by atoms with Crippen LogP contribution < -0.4 is 14.2 Å². The van der Waals surface area contributed by atoms with Crippen molar-refractivity contribution in [3.05, 3.63) is 52.6 Å². The van der Waals surface area contributed by atoms with Crippen molar-refractivity contribution < 1.29 is 17.9 Å². The Labute approximate surface area is 161 Å². The Kier molecular flexibility index (Phi) is 6.07. The highest BCUT2D eigenvalue weighted by Crippen LogP contribution is 2.30. The lowest BCUT2D eigenvalue weighted by Crippen LogP contribution is -2.29. The largest absolute Gasteiger partial charge is 0.495 e. The van der Waals surface area contributed by atoms with E-state index in [0.717, 1.165) is 29.7 Å². The van der Waals surface area contributed by atoms with Gasteiger partial charge in [0.1, 0.15) is 23.0 Å². The molecule has 1 aliphatic rings. The minimum atomic E-state index is -3.67. The van der Waals surface area contributed by atoms with E-state index in [0.29, 0.717) is 5.75 Å². The molecule has 146 valence electrons. The van der Waals surface area contributed by atoms with Gasteiger partial charge < -0.3 is 9.47 Å². The average Bonchev–Trinajstić information content (AvgIpc) is 2.67. The summed E-state index contributed by atoms with van der Waals surface area (Å²) in [6.07, 6.45) is 4.50. The lowest BCUT2D eigenvalue weighted by molar-refractivity contribution is 0.317. The van der Waals surface area contributed by atoms with Crippen LogP contribution in [0.3, 0.4) is 0 Å². The summed E-state index contributed by atoms with van der Waals surface area (Å²) in [6, 6.07) is 9.51. The molecule has 0 amide bonds. The summed E-state index contributed by atoms with van der Waals surface area (Å²) in [5, 5.41) is 0. The molecule has 0 unspecified atom stereocenters. The Morgan fingerprint density at radius 1 is 1.04 bits per heavy atom. The third-order valence-electron chi connectivity index (χ3n) is 5.07. The zero-order chi connectivity index (χ0) is 19.4. The van der Waals surface area contributed by atoms with E-state index < -0.39 is 10.0 Å². The lowest BCUT2D eigenvalue weighted by Gasteiger charge is -2.19. The predicted octanol–water partition coefficient (Wildman–Crippen LogP) is 3.55. The highest BCUT2D eigenvalue weighted by Gasteiger charge is 2.20. The van der Waals surface area contributed by atoms with E-state index in [2.05, 4.69) is 10.8 Å². The first-order valence-corrected chi connectivity index (χ1v) is 10.8. The molecule has 5 nitrogen and oxygen atoms in total. The quantitative estimate of drug-likeness (QED) is 0.736. The van der Waals surface area contributed by atoms with Gasteiger partial charge in [-0.05, 0) is 80.0 Å². The highest BCUT2D eigenvalue weighted by molar-refractivity contribution is 7.89. The van der Waals surface area contributed by atoms with Crippen molar-refractivity contribution in [2.45, 2.75) is 44.4 Å². The molecule has 2 aromatic rings. The number of sulfonamides is 1. The number of rotatable bonds is 7. The van der Waals surface area contributed by atoms with Crippen molar-refractivity contribution in [3.8, 4) is 11.5 Å². The van der Waals surface area contributed by atoms with Crippen molar-refractivity contribution in [1.82, 2.24) is 4.72 Å². The zero-order valence-electron chi connectivity index (χ0n) is 16.2. The molecule has 27 heavy (non-hydrogen) atoms. The van der Waals surface area contributed by atoms with Gasteiger partial charge in [0.15, 0.2) is 0 Å². The molecule has 6 heteroatoms. The van der Waals surface area contributed by atoms with E-state index >= 15 is 0 Å². The summed E-state index contributed by atoms with van der Waals surface area (Å²) >= 11 is 0. The number of nitrogens with one attached hydrogen (secondary N) is 1. The molecule has 1 N–H and O–H groups in total. The molecule has 3 rings (SSSR count).